The van der Waals surface area contributed by atoms with Gasteiger partial charge in [0, 0.05) is 0 Å². The summed E-state index contributed by atoms with van der Waals surface area (Å²) in [6.45, 7) is 0. The molecule has 0 aliphatic carbocycles. The molecule has 0 N–H and O–H groups in total. The first-order valence-electron chi connectivity index (χ1n) is 2.45. The van der Waals surface area contributed by atoms with E-state index in [0.717, 1.165) is 0 Å². The maximum atomic E-state index is 8.69. The van der Waals surface area contributed by atoms with Crippen LogP contribution in [0.2, 0.25) is 0 Å². The van der Waals surface area contributed by atoms with Crippen molar-refractivity contribution >= 4 is 20.0 Å². The fraction of sp³-hybridized carbons (Fsp3) is 0. The summed E-state index contributed by atoms with van der Waals surface area (Å²) in [5.74, 6) is 0. The van der Waals surface area contributed by atoms with Gasteiger partial charge < -0.3 is 0 Å². The third-order valence-electron chi connectivity index (χ3n) is 0. The minimum atomic E-state index is -9.90. The molecule has 0 aliphatic rings. The van der Waals surface area contributed by atoms with Gasteiger partial charge in [0.2, 0.25) is 0 Å². The van der Waals surface area contributed by atoms with Crippen LogP contribution in [0.5, 0.6) is 0 Å². The average molecular weight is 119 g/mol. The van der Waals surface area contributed by atoms with Crippen molar-refractivity contribution in [2.45, 2.75) is 0 Å². The zero-order valence-electron chi connectivity index (χ0n) is 3.45. The van der Waals surface area contributed by atoms with E-state index in [0.29, 0.717) is 0 Å². The van der Waals surface area contributed by atoms with Gasteiger partial charge in [-0.15, -0.1) is 0 Å². The standard InChI is InChI=1S/Na.6O. The van der Waals surface area contributed by atoms with E-state index in [1.165, 1.54) is 0 Å². The molecular weight excluding hydrogens is 119 g/mol. The first-order valence-corrected chi connectivity index (χ1v) is 7.35. The van der Waals surface area contributed by atoms with Gasteiger partial charge in [0.05, 0.1) is 0 Å². The quantitative estimate of drug-likeness (QED) is 0.375. The van der Waals surface area contributed by atoms with Crippen molar-refractivity contribution in [3.63, 3.8) is 0 Å². The summed E-state index contributed by atoms with van der Waals surface area (Å²) in [5, 5.41) is 0. The van der Waals surface area contributed by atoms with Crippen LogP contribution >= 0.6 is 0 Å². The van der Waals surface area contributed by atoms with Crippen LogP contribution in [0.25, 0.3) is 0 Å². The molecule has 0 aromatic heterocycles. The van der Waals surface area contributed by atoms with Crippen molar-refractivity contribution in [3.8, 4) is 0 Å². The predicted octanol–water partition coefficient (Wildman–Crippen LogP) is -1.09. The third kappa shape index (κ3) is 2090. The fourth-order valence-corrected chi connectivity index (χ4v) is 0. The van der Waals surface area contributed by atoms with Gasteiger partial charge in [-0.2, -0.15) is 0 Å². The Kier molecular flexibility index (Phi) is 0.593. The van der Waals surface area contributed by atoms with Gasteiger partial charge in [-0.05, 0) is 0 Å². The van der Waals surface area contributed by atoms with E-state index in [-0.39, 0.29) is 0 Å². The van der Waals surface area contributed by atoms with Gasteiger partial charge in [0.15, 0.2) is 0 Å². The molecule has 0 aromatic rings. The second-order valence-corrected chi connectivity index (χ2v) is 7.50. The Balaban J connectivity index is 8.86. The van der Waals surface area contributed by atoms with E-state index < -0.39 is 20.0 Å². The van der Waals surface area contributed by atoms with Gasteiger partial charge in [0.1, 0.15) is 0 Å². The Labute approximate surface area is 34.8 Å². The summed E-state index contributed by atoms with van der Waals surface area (Å²) in [6.07, 6.45) is 0. The molecule has 0 amide bonds. The van der Waals surface area contributed by atoms with E-state index in [1.54, 1.807) is 0 Å². The van der Waals surface area contributed by atoms with Crippen LogP contribution in [-0.4, -0.2) is 20.0 Å². The van der Waals surface area contributed by atoms with Crippen LogP contribution in [0.1, 0.15) is 0 Å². The molecule has 7 heavy (non-hydrogen) atoms. The van der Waals surface area contributed by atoms with Crippen LogP contribution in [0.3, 0.4) is 0 Å². The maximum absolute atomic E-state index is 9.90. The first kappa shape index (κ1) is 6.80. The molecule has 6 nitrogen and oxygen atoms in total. The predicted molar refractivity (Wildman–Crippen MR) is 9.87 cm³/mol. The second kappa shape index (κ2) is 0.610. The van der Waals surface area contributed by atoms with Gasteiger partial charge in [-0.3, -0.25) is 0 Å². The molecule has 0 bridgehead atoms. The van der Waals surface area contributed by atoms with Crippen molar-refractivity contribution in [3.05, 3.63) is 0 Å². The van der Waals surface area contributed by atoms with Crippen molar-refractivity contribution in [1.82, 2.24) is 0 Å². The number of rotatable bonds is 0. The topological polar surface area (TPSA) is 102 Å². The van der Waals surface area contributed by atoms with Gasteiger partial charge in [0.25, 0.3) is 0 Å². The van der Waals surface area contributed by atoms with E-state index in [1.807, 2.05) is 0 Å². The van der Waals surface area contributed by atoms with Crippen molar-refractivity contribution in [2.24, 2.45) is 0 Å². The number of hydrogen-bond acceptors (Lipinski definition) is 6. The summed E-state index contributed by atoms with van der Waals surface area (Å²) in [5.41, 5.74) is 0. The Hall–Kier alpha value is -0.200. The monoisotopic (exact) mass is 119 g/mol. The summed E-state index contributed by atoms with van der Waals surface area (Å²) >= 11 is -9.90. The van der Waals surface area contributed by atoms with Crippen LogP contribution in [0, 0.1) is 0 Å². The van der Waals surface area contributed by atoms with Crippen molar-refractivity contribution < 1.29 is 14.5 Å². The van der Waals surface area contributed by atoms with E-state index >= 15 is 0 Å². The molecule has 0 saturated heterocycles. The molecule has 0 aliphatic heterocycles. The van der Waals surface area contributed by atoms with E-state index in [2.05, 4.69) is 0 Å². The summed E-state index contributed by atoms with van der Waals surface area (Å²) in [6, 6.07) is 0. The van der Waals surface area contributed by atoms with Crippen molar-refractivity contribution in [1.29, 1.82) is 0 Å². The Bertz CT molecular complexity index is 432. The SMILES string of the molecule is [O]=[Na](=[O])(=[O])(=[O])(=[O])=[O]. The molecule has 37 valence electrons. The van der Waals surface area contributed by atoms with E-state index in [4.69, 9.17) is 14.5 Å². The Morgan fingerprint density at radius 3 is 0.571 bits per heavy atom. The van der Waals surface area contributed by atoms with E-state index in [9.17, 15) is 0 Å². The first-order chi connectivity index (χ1) is 2.45. The fourth-order valence-electron chi connectivity index (χ4n) is 0. The molecule has 0 fully saturated rings. The molecular formula is NaO6. The van der Waals surface area contributed by atoms with Gasteiger partial charge in [-0.1, -0.05) is 0 Å². The summed E-state index contributed by atoms with van der Waals surface area (Å²) in [7, 11) is 0. The molecule has 0 saturated carbocycles. The minimum absolute atomic E-state index is 8.69. The zero-order chi connectivity index (χ0) is 6.41. The van der Waals surface area contributed by atoms with Crippen molar-refractivity contribution in [2.75, 3.05) is 0 Å². The van der Waals surface area contributed by atoms with Gasteiger partial charge in [-0.25, -0.2) is 0 Å². The van der Waals surface area contributed by atoms with Crippen LogP contribution < -0.4 is 0 Å². The number of hydrogen-bond donors (Lipinski definition) is 0. The summed E-state index contributed by atoms with van der Waals surface area (Å²) < 4.78 is 52.1. The molecule has 0 spiro atoms. The zero-order valence-corrected chi connectivity index (χ0v) is 5.45. The van der Waals surface area contributed by atoms with Gasteiger partial charge >= 0.3 is 34.5 Å². The van der Waals surface area contributed by atoms with Crippen LogP contribution in [-0.2, 0) is 14.5 Å². The molecule has 0 atom stereocenters. The Morgan fingerprint density at radius 1 is 0.571 bits per heavy atom. The molecule has 7 heteroatoms. The Morgan fingerprint density at radius 2 is 0.571 bits per heavy atom. The van der Waals surface area contributed by atoms with Crippen LogP contribution in [0.4, 0.5) is 0 Å². The second-order valence-electron chi connectivity index (χ2n) is 2.50. The molecule has 0 heterocycles. The average Bonchev–Trinajstić information content (AvgIpc) is 0.592. The molecule has 0 radical (unpaired) electrons. The third-order valence-corrected chi connectivity index (χ3v) is 0. The molecule has 0 aromatic carbocycles. The summed E-state index contributed by atoms with van der Waals surface area (Å²) in [4.78, 5) is 0. The van der Waals surface area contributed by atoms with Crippen LogP contribution in [0.15, 0.2) is 0 Å². The molecule has 0 unspecified atom stereocenters. The normalized spacial score (nSPS) is 22.3. The molecule has 0 rings (SSSR count).